The first-order valence-electron chi connectivity index (χ1n) is 15.2. The summed E-state index contributed by atoms with van der Waals surface area (Å²) in [4.78, 5) is 0. The molecule has 0 radical (unpaired) electrons. The van der Waals surface area contributed by atoms with Crippen molar-refractivity contribution < 1.29 is 0 Å². The number of aryl methyl sites for hydroxylation is 1. The highest BCUT2D eigenvalue weighted by Gasteiger charge is 2.16. The second-order valence-electron chi connectivity index (χ2n) is 11.6. The summed E-state index contributed by atoms with van der Waals surface area (Å²) in [6.07, 6.45) is 6.84. The fourth-order valence-corrected chi connectivity index (χ4v) is 7.24. The third-order valence-corrected chi connectivity index (χ3v) is 9.24. The summed E-state index contributed by atoms with van der Waals surface area (Å²) in [5.74, 6) is 0. The van der Waals surface area contributed by atoms with Gasteiger partial charge in [0.15, 0.2) is 0 Å². The first kappa shape index (κ1) is 24.2. The second-order valence-corrected chi connectivity index (χ2v) is 11.6. The van der Waals surface area contributed by atoms with Crippen molar-refractivity contribution in [3.05, 3.63) is 157 Å². The zero-order chi connectivity index (χ0) is 28.3. The van der Waals surface area contributed by atoms with Crippen molar-refractivity contribution in [3.63, 3.8) is 0 Å². The molecule has 43 heavy (non-hydrogen) atoms. The molecule has 0 saturated heterocycles. The standard InChI is InChI=1S/C42H29N/c1-2-13-32(14-3-1)43-41-20-9-8-19-38(41)40-27-31(22-24-42(40)43)29-12-10-11-28(25-29)30-21-23-37-35-17-5-4-15-33(35)34-16-6-7-18-36(34)39(37)26-30/h1-6,8-17,19-27H,7,18H2. The Hall–Kier alpha value is -5.40. The smallest absolute Gasteiger partial charge is 0.0541 e. The lowest BCUT2D eigenvalue weighted by Crippen LogP contribution is -1.98. The molecule has 0 atom stereocenters. The third kappa shape index (κ3) is 3.78. The lowest BCUT2D eigenvalue weighted by Gasteiger charge is -2.18. The Morgan fingerprint density at radius 2 is 1.05 bits per heavy atom. The molecule has 0 saturated carbocycles. The van der Waals surface area contributed by atoms with Crippen LogP contribution in [0.4, 0.5) is 0 Å². The first-order chi connectivity index (χ1) is 21.3. The van der Waals surface area contributed by atoms with Crippen molar-refractivity contribution in [2.24, 2.45) is 0 Å². The van der Waals surface area contributed by atoms with Crippen molar-refractivity contribution in [3.8, 4) is 27.9 Å². The fourth-order valence-electron chi connectivity index (χ4n) is 7.24. The maximum absolute atomic E-state index is 2.43. The number of aromatic nitrogens is 1. The number of fused-ring (bicyclic) bond motifs is 9. The molecule has 9 rings (SSSR count). The molecule has 7 aromatic carbocycles. The number of allylic oxidation sites excluding steroid dienone is 1. The van der Waals surface area contributed by atoms with E-state index in [4.69, 9.17) is 0 Å². The Kier molecular flexibility index (Phi) is 5.39. The number of rotatable bonds is 3. The van der Waals surface area contributed by atoms with Gasteiger partial charge in [-0.2, -0.15) is 0 Å². The van der Waals surface area contributed by atoms with Gasteiger partial charge in [0.25, 0.3) is 0 Å². The predicted molar refractivity (Wildman–Crippen MR) is 184 cm³/mol. The van der Waals surface area contributed by atoms with Gasteiger partial charge in [-0.15, -0.1) is 0 Å². The van der Waals surface area contributed by atoms with E-state index in [0.29, 0.717) is 0 Å². The summed E-state index contributed by atoms with van der Waals surface area (Å²) in [6, 6.07) is 51.3. The molecular weight excluding hydrogens is 518 g/mol. The van der Waals surface area contributed by atoms with Crippen LogP contribution in [0.15, 0.2) is 146 Å². The van der Waals surface area contributed by atoms with Gasteiger partial charge in [0.2, 0.25) is 0 Å². The molecule has 1 aliphatic carbocycles. The van der Waals surface area contributed by atoms with Gasteiger partial charge in [0.05, 0.1) is 11.0 Å². The highest BCUT2D eigenvalue weighted by molar-refractivity contribution is 6.14. The van der Waals surface area contributed by atoms with Crippen LogP contribution in [0.25, 0.3) is 77.4 Å². The molecule has 0 bridgehead atoms. The zero-order valence-corrected chi connectivity index (χ0v) is 23.8. The Bertz CT molecular complexity index is 2390. The molecule has 1 aromatic heterocycles. The topological polar surface area (TPSA) is 4.93 Å². The lowest BCUT2D eigenvalue weighted by molar-refractivity contribution is 1.00. The molecule has 8 aromatic rings. The Morgan fingerprint density at radius 3 is 1.88 bits per heavy atom. The number of nitrogens with zero attached hydrogens (tertiary/aromatic N) is 1. The molecule has 0 amide bonds. The van der Waals surface area contributed by atoms with Gasteiger partial charge in [0, 0.05) is 16.5 Å². The maximum Gasteiger partial charge on any atom is 0.0541 e. The van der Waals surface area contributed by atoms with Crippen molar-refractivity contribution in [2.45, 2.75) is 12.8 Å². The van der Waals surface area contributed by atoms with E-state index >= 15 is 0 Å². The Labute approximate surface area is 251 Å². The van der Waals surface area contributed by atoms with Gasteiger partial charge in [0.1, 0.15) is 0 Å². The third-order valence-electron chi connectivity index (χ3n) is 9.24. The molecule has 0 unspecified atom stereocenters. The lowest BCUT2D eigenvalue weighted by atomic mass is 9.85. The summed E-state index contributed by atoms with van der Waals surface area (Å²) in [7, 11) is 0. The van der Waals surface area contributed by atoms with Crippen LogP contribution in [-0.4, -0.2) is 4.57 Å². The minimum atomic E-state index is 1.09. The van der Waals surface area contributed by atoms with E-state index in [-0.39, 0.29) is 0 Å². The predicted octanol–water partition coefficient (Wildman–Crippen LogP) is 11.4. The van der Waals surface area contributed by atoms with Crippen molar-refractivity contribution in [2.75, 3.05) is 0 Å². The molecule has 1 heteroatoms. The molecule has 1 nitrogen and oxygen atoms in total. The highest BCUT2D eigenvalue weighted by atomic mass is 15.0. The highest BCUT2D eigenvalue weighted by Crippen LogP contribution is 2.39. The first-order valence-corrected chi connectivity index (χ1v) is 15.2. The van der Waals surface area contributed by atoms with Crippen LogP contribution in [0, 0.1) is 0 Å². The minimum Gasteiger partial charge on any atom is -0.309 e. The van der Waals surface area contributed by atoms with E-state index in [2.05, 4.69) is 156 Å². The molecule has 0 N–H and O–H groups in total. The summed E-state index contributed by atoms with van der Waals surface area (Å²) < 4.78 is 2.37. The van der Waals surface area contributed by atoms with Gasteiger partial charge >= 0.3 is 0 Å². The summed E-state index contributed by atoms with van der Waals surface area (Å²) >= 11 is 0. The fraction of sp³-hybridized carbons (Fsp3) is 0.0476. The Balaban J connectivity index is 1.19. The number of hydrogen-bond acceptors (Lipinski definition) is 0. The van der Waals surface area contributed by atoms with Crippen LogP contribution in [0.5, 0.6) is 0 Å². The zero-order valence-electron chi connectivity index (χ0n) is 23.8. The molecule has 0 fully saturated rings. The van der Waals surface area contributed by atoms with Crippen molar-refractivity contribution in [1.82, 2.24) is 4.57 Å². The van der Waals surface area contributed by atoms with Crippen LogP contribution >= 0.6 is 0 Å². The van der Waals surface area contributed by atoms with E-state index in [1.807, 2.05) is 0 Å². The monoisotopic (exact) mass is 547 g/mol. The van der Waals surface area contributed by atoms with Crippen molar-refractivity contribution in [1.29, 1.82) is 0 Å². The van der Waals surface area contributed by atoms with Gasteiger partial charge in [-0.3, -0.25) is 0 Å². The van der Waals surface area contributed by atoms with Gasteiger partial charge in [-0.25, -0.2) is 0 Å². The summed E-state index contributed by atoms with van der Waals surface area (Å²) in [5, 5.41) is 7.99. The average Bonchev–Trinajstić information content (AvgIpc) is 3.42. The van der Waals surface area contributed by atoms with E-state index in [1.165, 1.54) is 82.4 Å². The van der Waals surface area contributed by atoms with E-state index in [1.54, 1.807) is 0 Å². The van der Waals surface area contributed by atoms with Crippen LogP contribution in [-0.2, 0) is 6.42 Å². The normalized spacial score (nSPS) is 12.8. The van der Waals surface area contributed by atoms with Gasteiger partial charge < -0.3 is 4.57 Å². The molecule has 1 aliphatic rings. The van der Waals surface area contributed by atoms with Crippen LogP contribution < -0.4 is 0 Å². The second kappa shape index (κ2) is 9.58. The number of benzene rings is 7. The average molecular weight is 548 g/mol. The van der Waals surface area contributed by atoms with E-state index in [9.17, 15) is 0 Å². The SMILES string of the molecule is C1=Cc2c(c3cc(-c4cccc(-c5ccc6c(c5)c5ccccc5n6-c5ccccc5)c4)ccc3c3ccccc23)CC1. The molecular formula is C42H29N. The Morgan fingerprint density at radius 1 is 0.419 bits per heavy atom. The summed E-state index contributed by atoms with van der Waals surface area (Å²) in [5.41, 5.74) is 11.5. The van der Waals surface area contributed by atoms with Crippen LogP contribution in [0.2, 0.25) is 0 Å². The van der Waals surface area contributed by atoms with Crippen LogP contribution in [0.1, 0.15) is 17.5 Å². The van der Waals surface area contributed by atoms with Crippen molar-refractivity contribution >= 4 is 49.4 Å². The number of para-hydroxylation sites is 2. The largest absolute Gasteiger partial charge is 0.309 e. The van der Waals surface area contributed by atoms with E-state index in [0.717, 1.165) is 12.8 Å². The molecule has 1 heterocycles. The molecule has 0 spiro atoms. The summed E-state index contributed by atoms with van der Waals surface area (Å²) in [6.45, 7) is 0. The molecule has 0 aliphatic heterocycles. The van der Waals surface area contributed by atoms with Gasteiger partial charge in [-0.05, 0) is 110 Å². The van der Waals surface area contributed by atoms with Crippen LogP contribution in [0.3, 0.4) is 0 Å². The quantitative estimate of drug-likeness (QED) is 0.194. The van der Waals surface area contributed by atoms with Gasteiger partial charge in [-0.1, -0.05) is 109 Å². The molecule has 202 valence electrons. The number of hydrogen-bond donors (Lipinski definition) is 0. The maximum atomic E-state index is 2.43. The van der Waals surface area contributed by atoms with E-state index < -0.39 is 0 Å². The minimum absolute atomic E-state index is 1.09.